The van der Waals surface area contributed by atoms with E-state index in [0.29, 0.717) is 28.6 Å². The van der Waals surface area contributed by atoms with Gasteiger partial charge in [0.25, 0.3) is 0 Å². The van der Waals surface area contributed by atoms with Gasteiger partial charge in [-0.2, -0.15) is 0 Å². The molecule has 0 bridgehead atoms. The predicted octanol–water partition coefficient (Wildman–Crippen LogP) is 3.24. The van der Waals surface area contributed by atoms with E-state index in [4.69, 9.17) is 23.1 Å². The molecule has 0 aromatic heterocycles. The molecule has 0 saturated carbocycles. The molecule has 6 heteroatoms. The zero-order valence-electron chi connectivity index (χ0n) is 10.1. The van der Waals surface area contributed by atoms with Crippen molar-refractivity contribution in [2.75, 3.05) is 16.8 Å². The number of nitrogen functional groups attached to an aromatic ring is 2. The van der Waals surface area contributed by atoms with Gasteiger partial charge in [0.1, 0.15) is 5.75 Å². The molecular formula is C13H15Cl2N3O. The molecule has 2 aromatic rings. The average Bonchev–Trinajstić information content (AvgIpc) is 2.34. The van der Waals surface area contributed by atoms with Gasteiger partial charge in [-0.3, -0.25) is 0 Å². The van der Waals surface area contributed by atoms with Crippen molar-refractivity contribution in [1.29, 1.82) is 0 Å². The summed E-state index contributed by atoms with van der Waals surface area (Å²) in [5, 5.41) is 13.3. The van der Waals surface area contributed by atoms with E-state index in [9.17, 15) is 5.11 Å². The third-order valence-electron chi connectivity index (χ3n) is 2.59. The predicted molar refractivity (Wildman–Crippen MR) is 83.0 cm³/mol. The Bertz CT molecular complexity index is 524. The number of nitrogens with one attached hydrogen (secondary N) is 1. The lowest BCUT2D eigenvalue weighted by molar-refractivity contribution is 0.477. The molecule has 0 saturated heterocycles. The maximum atomic E-state index is 9.66. The molecule has 6 N–H and O–H groups in total. The highest BCUT2D eigenvalue weighted by Gasteiger charge is 2.04. The van der Waals surface area contributed by atoms with E-state index in [2.05, 4.69) is 5.32 Å². The molecule has 0 fully saturated rings. The van der Waals surface area contributed by atoms with Crippen molar-refractivity contribution >= 4 is 41.1 Å². The van der Waals surface area contributed by atoms with Crippen molar-refractivity contribution in [3.05, 3.63) is 47.0 Å². The van der Waals surface area contributed by atoms with E-state index < -0.39 is 0 Å². The standard InChI is InChI=1S/C13H14ClN3O.ClH/c14-9-1-4-13(18)12(6-9)17-7-8-5-10(15)2-3-11(8)16;/h1-6,17-18H,7,15-16H2;1H. The zero-order valence-corrected chi connectivity index (χ0v) is 11.6. The molecule has 0 aliphatic carbocycles. The second-order valence-electron chi connectivity index (χ2n) is 3.97. The van der Waals surface area contributed by atoms with Gasteiger partial charge >= 0.3 is 0 Å². The minimum absolute atomic E-state index is 0. The number of hydrogen-bond donors (Lipinski definition) is 4. The number of benzene rings is 2. The Balaban J connectivity index is 0.00000180. The van der Waals surface area contributed by atoms with Crippen LogP contribution in [0.5, 0.6) is 5.75 Å². The summed E-state index contributed by atoms with van der Waals surface area (Å²) in [6, 6.07) is 10.1. The molecule has 2 rings (SSSR count). The summed E-state index contributed by atoms with van der Waals surface area (Å²) < 4.78 is 0. The number of aromatic hydroxyl groups is 1. The van der Waals surface area contributed by atoms with Crippen LogP contribution in [0.2, 0.25) is 5.02 Å². The lowest BCUT2D eigenvalue weighted by Crippen LogP contribution is -2.04. The van der Waals surface area contributed by atoms with Crippen LogP contribution < -0.4 is 16.8 Å². The van der Waals surface area contributed by atoms with Gasteiger partial charge in [-0.1, -0.05) is 11.6 Å². The minimum atomic E-state index is 0. The van der Waals surface area contributed by atoms with Crippen molar-refractivity contribution in [2.24, 2.45) is 0 Å². The Morgan fingerprint density at radius 2 is 1.84 bits per heavy atom. The van der Waals surface area contributed by atoms with E-state index in [1.165, 1.54) is 6.07 Å². The summed E-state index contributed by atoms with van der Waals surface area (Å²) >= 11 is 5.86. The van der Waals surface area contributed by atoms with Gasteiger partial charge in [-0.25, -0.2) is 0 Å². The highest BCUT2D eigenvalue weighted by Crippen LogP contribution is 2.27. The molecule has 19 heavy (non-hydrogen) atoms. The maximum absolute atomic E-state index is 9.66. The fourth-order valence-corrected chi connectivity index (χ4v) is 1.79. The number of phenols is 1. The first kappa shape index (κ1) is 15.3. The van der Waals surface area contributed by atoms with Gasteiger partial charge in [0.05, 0.1) is 5.69 Å². The molecule has 0 amide bonds. The van der Waals surface area contributed by atoms with Crippen molar-refractivity contribution in [3.8, 4) is 5.75 Å². The highest BCUT2D eigenvalue weighted by molar-refractivity contribution is 6.30. The van der Waals surface area contributed by atoms with E-state index >= 15 is 0 Å². The summed E-state index contributed by atoms with van der Waals surface area (Å²) in [5.74, 6) is 0.141. The van der Waals surface area contributed by atoms with Crippen LogP contribution in [0.4, 0.5) is 17.1 Å². The maximum Gasteiger partial charge on any atom is 0.138 e. The second-order valence-corrected chi connectivity index (χ2v) is 4.41. The Labute approximate surface area is 122 Å². The van der Waals surface area contributed by atoms with Crippen molar-refractivity contribution in [2.45, 2.75) is 6.54 Å². The van der Waals surface area contributed by atoms with E-state index in [-0.39, 0.29) is 18.2 Å². The Morgan fingerprint density at radius 1 is 1.11 bits per heavy atom. The highest BCUT2D eigenvalue weighted by atomic mass is 35.5. The monoisotopic (exact) mass is 299 g/mol. The quantitative estimate of drug-likeness (QED) is 0.518. The fraction of sp³-hybridized carbons (Fsp3) is 0.0769. The molecule has 4 nitrogen and oxygen atoms in total. The average molecular weight is 300 g/mol. The van der Waals surface area contributed by atoms with Gasteiger partial charge in [0.2, 0.25) is 0 Å². The van der Waals surface area contributed by atoms with E-state index in [1.807, 2.05) is 0 Å². The summed E-state index contributed by atoms with van der Waals surface area (Å²) in [6.45, 7) is 0.463. The lowest BCUT2D eigenvalue weighted by Gasteiger charge is -2.11. The van der Waals surface area contributed by atoms with Crippen molar-refractivity contribution in [1.82, 2.24) is 0 Å². The molecular weight excluding hydrogens is 285 g/mol. The SMILES string of the molecule is Cl.Nc1ccc(N)c(CNc2cc(Cl)ccc2O)c1. The number of anilines is 3. The molecule has 0 spiro atoms. The number of phenolic OH excluding ortho intramolecular Hbond substituents is 1. The van der Waals surface area contributed by atoms with Crippen LogP contribution in [0.3, 0.4) is 0 Å². The van der Waals surface area contributed by atoms with Gasteiger partial charge in [0.15, 0.2) is 0 Å². The summed E-state index contributed by atoms with van der Waals surface area (Å²) in [6.07, 6.45) is 0. The van der Waals surface area contributed by atoms with Crippen molar-refractivity contribution < 1.29 is 5.11 Å². The Morgan fingerprint density at radius 3 is 2.58 bits per heavy atom. The first-order valence-electron chi connectivity index (χ1n) is 5.42. The van der Waals surface area contributed by atoms with Gasteiger partial charge < -0.3 is 21.9 Å². The third-order valence-corrected chi connectivity index (χ3v) is 2.83. The van der Waals surface area contributed by atoms with Gasteiger partial charge in [0, 0.05) is 22.9 Å². The Kier molecular flexibility index (Phi) is 5.15. The van der Waals surface area contributed by atoms with E-state index in [0.717, 1.165) is 5.56 Å². The number of halogens is 2. The van der Waals surface area contributed by atoms with Crippen molar-refractivity contribution in [3.63, 3.8) is 0 Å². The Hall–Kier alpha value is -1.78. The molecule has 0 atom stereocenters. The van der Waals surface area contributed by atoms with Crippen LogP contribution in [0.25, 0.3) is 0 Å². The third kappa shape index (κ3) is 3.84. The number of rotatable bonds is 3. The van der Waals surface area contributed by atoms with E-state index in [1.54, 1.807) is 30.3 Å². The zero-order chi connectivity index (χ0) is 13.1. The minimum Gasteiger partial charge on any atom is -0.506 e. The number of nitrogens with two attached hydrogens (primary N) is 2. The first-order valence-corrected chi connectivity index (χ1v) is 5.80. The second kappa shape index (κ2) is 6.41. The molecule has 0 radical (unpaired) electrons. The first-order chi connectivity index (χ1) is 8.56. The van der Waals surface area contributed by atoms with Crippen LogP contribution in [0.15, 0.2) is 36.4 Å². The normalized spacial score (nSPS) is 9.74. The summed E-state index contributed by atoms with van der Waals surface area (Å²) in [7, 11) is 0. The molecule has 0 heterocycles. The number of hydrogen-bond acceptors (Lipinski definition) is 4. The van der Waals surface area contributed by atoms with Crippen LogP contribution >= 0.6 is 24.0 Å². The molecule has 0 aliphatic heterocycles. The van der Waals surface area contributed by atoms with Crippen LogP contribution in [-0.2, 0) is 6.54 Å². The topological polar surface area (TPSA) is 84.3 Å². The molecule has 102 valence electrons. The van der Waals surface area contributed by atoms with Gasteiger partial charge in [-0.15, -0.1) is 12.4 Å². The van der Waals surface area contributed by atoms with Crippen LogP contribution in [0.1, 0.15) is 5.56 Å². The van der Waals surface area contributed by atoms with Crippen LogP contribution in [0, 0.1) is 0 Å². The smallest absolute Gasteiger partial charge is 0.138 e. The molecule has 2 aromatic carbocycles. The summed E-state index contributed by atoms with van der Waals surface area (Å²) in [5.41, 5.74) is 14.3. The molecule has 0 unspecified atom stereocenters. The fourth-order valence-electron chi connectivity index (χ4n) is 1.62. The largest absolute Gasteiger partial charge is 0.506 e. The summed E-state index contributed by atoms with van der Waals surface area (Å²) in [4.78, 5) is 0. The van der Waals surface area contributed by atoms with Gasteiger partial charge in [-0.05, 0) is 42.0 Å². The molecule has 0 aliphatic rings. The lowest BCUT2D eigenvalue weighted by atomic mass is 10.1. The van der Waals surface area contributed by atoms with Crippen LogP contribution in [-0.4, -0.2) is 5.11 Å².